The van der Waals surface area contributed by atoms with Crippen LogP contribution in [0.5, 0.6) is 0 Å². The van der Waals surface area contributed by atoms with Crippen LogP contribution in [-0.2, 0) is 0 Å². The number of hydrogen-bond acceptors (Lipinski definition) is 3. The van der Waals surface area contributed by atoms with Crippen LogP contribution < -0.4 is 10.6 Å². The SMILES string of the molecule is CC(CNCC1CCCCN1)CN1CCCCC1. The van der Waals surface area contributed by atoms with E-state index in [2.05, 4.69) is 22.5 Å². The highest BCUT2D eigenvalue weighted by molar-refractivity contribution is 4.75. The van der Waals surface area contributed by atoms with Gasteiger partial charge in [-0.25, -0.2) is 0 Å². The molecule has 18 heavy (non-hydrogen) atoms. The molecule has 2 atom stereocenters. The van der Waals surface area contributed by atoms with Crippen LogP contribution in [0.3, 0.4) is 0 Å². The molecule has 3 nitrogen and oxygen atoms in total. The molecule has 3 heteroatoms. The van der Waals surface area contributed by atoms with Crippen molar-refractivity contribution in [2.75, 3.05) is 39.3 Å². The van der Waals surface area contributed by atoms with Crippen molar-refractivity contribution >= 4 is 0 Å². The van der Waals surface area contributed by atoms with E-state index in [1.165, 1.54) is 71.2 Å². The van der Waals surface area contributed by atoms with Gasteiger partial charge in [0.15, 0.2) is 0 Å². The Morgan fingerprint density at radius 3 is 2.72 bits per heavy atom. The number of likely N-dealkylation sites (tertiary alicyclic amines) is 1. The number of hydrogen-bond donors (Lipinski definition) is 2. The van der Waals surface area contributed by atoms with E-state index in [1.54, 1.807) is 0 Å². The molecular formula is C15H31N3. The highest BCUT2D eigenvalue weighted by Crippen LogP contribution is 2.10. The Morgan fingerprint density at radius 2 is 2.00 bits per heavy atom. The summed E-state index contributed by atoms with van der Waals surface area (Å²) in [4.78, 5) is 2.65. The molecule has 0 amide bonds. The summed E-state index contributed by atoms with van der Waals surface area (Å²) in [6, 6.07) is 0.723. The van der Waals surface area contributed by atoms with Gasteiger partial charge >= 0.3 is 0 Å². The normalized spacial score (nSPS) is 28.2. The van der Waals surface area contributed by atoms with Crippen LogP contribution >= 0.6 is 0 Å². The van der Waals surface area contributed by atoms with E-state index in [0.29, 0.717) is 0 Å². The smallest absolute Gasteiger partial charge is 0.0192 e. The van der Waals surface area contributed by atoms with Gasteiger partial charge in [-0.05, 0) is 57.8 Å². The molecule has 2 rings (SSSR count). The van der Waals surface area contributed by atoms with Gasteiger partial charge in [0.1, 0.15) is 0 Å². The zero-order valence-corrected chi connectivity index (χ0v) is 12.1. The monoisotopic (exact) mass is 253 g/mol. The summed E-state index contributed by atoms with van der Waals surface area (Å²) < 4.78 is 0. The molecule has 0 aromatic rings. The Balaban J connectivity index is 1.52. The van der Waals surface area contributed by atoms with Crippen molar-refractivity contribution in [1.29, 1.82) is 0 Å². The minimum Gasteiger partial charge on any atom is -0.315 e. The molecule has 106 valence electrons. The average Bonchev–Trinajstić information content (AvgIpc) is 2.41. The lowest BCUT2D eigenvalue weighted by molar-refractivity contribution is 0.198. The zero-order chi connectivity index (χ0) is 12.6. The van der Waals surface area contributed by atoms with Crippen molar-refractivity contribution in [1.82, 2.24) is 15.5 Å². The molecule has 0 aliphatic carbocycles. The van der Waals surface area contributed by atoms with E-state index >= 15 is 0 Å². The first-order valence-corrected chi connectivity index (χ1v) is 8.01. The summed E-state index contributed by atoms with van der Waals surface area (Å²) in [5.74, 6) is 0.784. The first-order chi connectivity index (χ1) is 8.84. The minimum atomic E-state index is 0.723. The predicted molar refractivity (Wildman–Crippen MR) is 78.0 cm³/mol. The Labute approximate surface area is 113 Å². The Hall–Kier alpha value is -0.120. The summed E-state index contributed by atoms with van der Waals surface area (Å²) in [5, 5.41) is 7.26. The van der Waals surface area contributed by atoms with Crippen LogP contribution in [0.25, 0.3) is 0 Å². The van der Waals surface area contributed by atoms with Gasteiger partial charge in [0.2, 0.25) is 0 Å². The van der Waals surface area contributed by atoms with Gasteiger partial charge in [-0.15, -0.1) is 0 Å². The molecule has 2 saturated heterocycles. The lowest BCUT2D eigenvalue weighted by atomic mass is 10.0. The minimum absolute atomic E-state index is 0.723. The number of nitrogens with one attached hydrogen (secondary N) is 2. The maximum absolute atomic E-state index is 3.66. The molecule has 0 spiro atoms. The molecule has 0 saturated carbocycles. The lowest BCUT2D eigenvalue weighted by Crippen LogP contribution is -2.43. The number of rotatable bonds is 6. The summed E-state index contributed by atoms with van der Waals surface area (Å²) in [6.45, 7) is 9.87. The fraction of sp³-hybridized carbons (Fsp3) is 1.00. The maximum Gasteiger partial charge on any atom is 0.0192 e. The van der Waals surface area contributed by atoms with Gasteiger partial charge in [0, 0.05) is 19.1 Å². The van der Waals surface area contributed by atoms with Crippen molar-refractivity contribution < 1.29 is 0 Å². The molecule has 0 aromatic heterocycles. The standard InChI is InChI=1S/C15H31N3/c1-14(13-18-9-5-2-6-10-18)11-16-12-15-7-3-4-8-17-15/h14-17H,2-13H2,1H3. The number of nitrogens with zero attached hydrogens (tertiary/aromatic N) is 1. The fourth-order valence-electron chi connectivity index (χ4n) is 3.25. The van der Waals surface area contributed by atoms with Crippen LogP contribution in [-0.4, -0.2) is 50.2 Å². The van der Waals surface area contributed by atoms with E-state index in [0.717, 1.165) is 18.5 Å². The van der Waals surface area contributed by atoms with Crippen molar-refractivity contribution in [3.63, 3.8) is 0 Å². The van der Waals surface area contributed by atoms with Crippen LogP contribution in [0.2, 0.25) is 0 Å². The highest BCUT2D eigenvalue weighted by Gasteiger charge is 2.15. The summed E-state index contributed by atoms with van der Waals surface area (Å²) >= 11 is 0. The second kappa shape index (κ2) is 8.13. The van der Waals surface area contributed by atoms with Gasteiger partial charge in [-0.2, -0.15) is 0 Å². The van der Waals surface area contributed by atoms with Crippen molar-refractivity contribution in [3.05, 3.63) is 0 Å². The fourth-order valence-corrected chi connectivity index (χ4v) is 3.25. The molecule has 2 aliphatic heterocycles. The van der Waals surface area contributed by atoms with Gasteiger partial charge < -0.3 is 15.5 Å². The van der Waals surface area contributed by atoms with Crippen LogP contribution in [0.15, 0.2) is 0 Å². The molecule has 2 heterocycles. The molecule has 2 unspecified atom stereocenters. The van der Waals surface area contributed by atoms with Crippen molar-refractivity contribution in [2.24, 2.45) is 5.92 Å². The predicted octanol–water partition coefficient (Wildman–Crippen LogP) is 1.84. The highest BCUT2D eigenvalue weighted by atomic mass is 15.1. The topological polar surface area (TPSA) is 27.3 Å². The van der Waals surface area contributed by atoms with E-state index in [9.17, 15) is 0 Å². The second-order valence-corrected chi connectivity index (χ2v) is 6.27. The summed E-state index contributed by atoms with van der Waals surface area (Å²) in [6.07, 6.45) is 8.38. The summed E-state index contributed by atoms with van der Waals surface area (Å²) in [7, 11) is 0. The lowest BCUT2D eigenvalue weighted by Gasteiger charge is -2.29. The molecule has 2 N–H and O–H groups in total. The average molecular weight is 253 g/mol. The molecule has 0 radical (unpaired) electrons. The van der Waals surface area contributed by atoms with Crippen LogP contribution in [0.1, 0.15) is 45.4 Å². The molecule has 0 aromatic carbocycles. The first kappa shape index (κ1) is 14.3. The molecule has 2 fully saturated rings. The Kier molecular flexibility index (Phi) is 6.46. The zero-order valence-electron chi connectivity index (χ0n) is 12.1. The van der Waals surface area contributed by atoms with Gasteiger partial charge in [-0.1, -0.05) is 19.8 Å². The number of piperidine rings is 2. The van der Waals surface area contributed by atoms with E-state index in [1.807, 2.05) is 0 Å². The third kappa shape index (κ3) is 5.25. The molecular weight excluding hydrogens is 222 g/mol. The second-order valence-electron chi connectivity index (χ2n) is 6.27. The van der Waals surface area contributed by atoms with Crippen molar-refractivity contribution in [2.45, 2.75) is 51.5 Å². The van der Waals surface area contributed by atoms with Crippen molar-refractivity contribution in [3.8, 4) is 0 Å². The van der Waals surface area contributed by atoms with Crippen LogP contribution in [0, 0.1) is 5.92 Å². The van der Waals surface area contributed by atoms with Gasteiger partial charge in [0.25, 0.3) is 0 Å². The quantitative estimate of drug-likeness (QED) is 0.756. The van der Waals surface area contributed by atoms with Gasteiger partial charge in [-0.3, -0.25) is 0 Å². The Bertz CT molecular complexity index is 208. The van der Waals surface area contributed by atoms with Gasteiger partial charge in [0.05, 0.1) is 0 Å². The molecule has 2 aliphatic rings. The van der Waals surface area contributed by atoms with E-state index < -0.39 is 0 Å². The third-order valence-corrected chi connectivity index (χ3v) is 4.31. The first-order valence-electron chi connectivity index (χ1n) is 8.01. The molecule has 0 bridgehead atoms. The van der Waals surface area contributed by atoms with Crippen LogP contribution in [0.4, 0.5) is 0 Å². The van der Waals surface area contributed by atoms with E-state index in [-0.39, 0.29) is 0 Å². The Morgan fingerprint density at radius 1 is 1.17 bits per heavy atom. The van der Waals surface area contributed by atoms with E-state index in [4.69, 9.17) is 0 Å². The largest absolute Gasteiger partial charge is 0.315 e. The third-order valence-electron chi connectivity index (χ3n) is 4.31. The summed E-state index contributed by atoms with van der Waals surface area (Å²) in [5.41, 5.74) is 0. The maximum atomic E-state index is 3.66.